The van der Waals surface area contributed by atoms with Gasteiger partial charge in [-0.1, -0.05) is 41.9 Å². The zero-order valence-corrected chi connectivity index (χ0v) is 16.5. The highest BCUT2D eigenvalue weighted by Gasteiger charge is 2.21. The molecule has 3 aromatic carbocycles. The first-order valence-corrected chi connectivity index (χ1v) is 10.1. The predicted molar refractivity (Wildman–Crippen MR) is 116 cm³/mol. The first-order chi connectivity index (χ1) is 13.8. The molecule has 0 aliphatic carbocycles. The minimum absolute atomic E-state index is 0.597. The Labute approximate surface area is 169 Å². The summed E-state index contributed by atoms with van der Waals surface area (Å²) in [5, 5.41) is 7.96. The molecule has 1 aromatic heterocycles. The number of fused-ring (bicyclic) bond motifs is 5. The zero-order chi connectivity index (χ0) is 19.1. The third kappa shape index (κ3) is 2.83. The number of benzene rings is 3. The average Bonchev–Trinajstić information content (AvgIpc) is 2.74. The molecule has 5 rings (SSSR count). The Bertz CT molecular complexity index is 1200. The monoisotopic (exact) mass is 388 g/mol. The van der Waals surface area contributed by atoms with Crippen LogP contribution in [0.5, 0.6) is 5.75 Å². The highest BCUT2D eigenvalue weighted by molar-refractivity contribution is 6.32. The van der Waals surface area contributed by atoms with Gasteiger partial charge in [-0.2, -0.15) is 0 Å². The van der Waals surface area contributed by atoms with Gasteiger partial charge in [-0.3, -0.25) is 0 Å². The molecule has 0 amide bonds. The van der Waals surface area contributed by atoms with Gasteiger partial charge in [-0.15, -0.1) is 0 Å². The minimum atomic E-state index is 0.597. The fraction of sp³-hybridized carbons (Fsp3) is 0.208. The van der Waals surface area contributed by atoms with E-state index in [-0.39, 0.29) is 0 Å². The van der Waals surface area contributed by atoms with Crippen molar-refractivity contribution < 1.29 is 4.74 Å². The summed E-state index contributed by atoms with van der Waals surface area (Å²) in [5.74, 6) is 0.715. The summed E-state index contributed by atoms with van der Waals surface area (Å²) in [6.45, 7) is 4.36. The van der Waals surface area contributed by atoms with Crippen LogP contribution in [0.25, 0.3) is 32.9 Å². The van der Waals surface area contributed by atoms with Crippen LogP contribution in [-0.2, 0) is 13.0 Å². The predicted octanol–water partition coefficient (Wildman–Crippen LogP) is 5.75. The van der Waals surface area contributed by atoms with E-state index in [0.29, 0.717) is 17.4 Å². The number of nitrogens with zero attached hydrogens (tertiary/aromatic N) is 1. The Balaban J connectivity index is 1.79. The number of hydrogen-bond donors (Lipinski definition) is 1. The van der Waals surface area contributed by atoms with Gasteiger partial charge in [0.2, 0.25) is 0 Å². The average molecular weight is 389 g/mol. The van der Waals surface area contributed by atoms with E-state index in [1.54, 1.807) is 0 Å². The second kappa shape index (κ2) is 7.08. The van der Waals surface area contributed by atoms with Crippen molar-refractivity contribution in [3.8, 4) is 17.0 Å². The van der Waals surface area contributed by atoms with Gasteiger partial charge in [0.25, 0.3) is 0 Å². The molecule has 0 atom stereocenters. The summed E-state index contributed by atoms with van der Waals surface area (Å²) in [4.78, 5) is 5.09. The van der Waals surface area contributed by atoms with Gasteiger partial charge in [-0.05, 0) is 66.1 Å². The molecule has 140 valence electrons. The molecule has 0 unspecified atom stereocenters. The molecule has 0 radical (unpaired) electrons. The van der Waals surface area contributed by atoms with E-state index >= 15 is 0 Å². The lowest BCUT2D eigenvalue weighted by Gasteiger charge is -2.23. The highest BCUT2D eigenvalue weighted by Crippen LogP contribution is 2.37. The van der Waals surface area contributed by atoms with Crippen LogP contribution in [0.4, 0.5) is 0 Å². The summed E-state index contributed by atoms with van der Waals surface area (Å²) >= 11 is 6.47. The molecule has 0 saturated heterocycles. The standard InChI is InChI=1S/C24H21ClN2O/c1-2-28-22-10-8-16(13-20(22)25)24-19-14-26-12-11-18(19)23-17-6-4-3-5-15(17)7-9-21(23)27-24/h3-10,13,26H,2,11-12,14H2,1H3. The summed E-state index contributed by atoms with van der Waals surface area (Å²) < 4.78 is 5.59. The first-order valence-electron chi connectivity index (χ1n) is 9.73. The normalized spacial score (nSPS) is 13.6. The number of aromatic nitrogens is 1. The zero-order valence-electron chi connectivity index (χ0n) is 15.8. The van der Waals surface area contributed by atoms with Crippen LogP contribution in [0.15, 0.2) is 54.6 Å². The van der Waals surface area contributed by atoms with Crippen molar-refractivity contribution in [1.82, 2.24) is 10.3 Å². The molecular formula is C24H21ClN2O. The lowest BCUT2D eigenvalue weighted by atomic mass is 9.90. The Kier molecular flexibility index (Phi) is 4.42. The smallest absolute Gasteiger partial charge is 0.137 e. The summed E-state index contributed by atoms with van der Waals surface area (Å²) in [5.41, 5.74) is 5.76. The van der Waals surface area contributed by atoms with E-state index in [1.165, 1.54) is 27.3 Å². The topological polar surface area (TPSA) is 34.1 Å². The van der Waals surface area contributed by atoms with Crippen LogP contribution in [0.3, 0.4) is 0 Å². The Morgan fingerprint density at radius 2 is 1.96 bits per heavy atom. The van der Waals surface area contributed by atoms with Crippen LogP contribution in [-0.4, -0.2) is 18.1 Å². The van der Waals surface area contributed by atoms with Crippen molar-refractivity contribution in [1.29, 1.82) is 0 Å². The number of halogens is 1. The summed E-state index contributed by atoms with van der Waals surface area (Å²) in [7, 11) is 0. The maximum Gasteiger partial charge on any atom is 0.137 e. The third-order valence-corrected chi connectivity index (χ3v) is 5.75. The largest absolute Gasteiger partial charge is 0.492 e. The van der Waals surface area contributed by atoms with E-state index < -0.39 is 0 Å². The number of pyridine rings is 1. The molecule has 0 spiro atoms. The van der Waals surface area contributed by atoms with Gasteiger partial charge in [0.05, 0.1) is 22.8 Å². The molecule has 2 heterocycles. The molecule has 4 aromatic rings. The van der Waals surface area contributed by atoms with E-state index in [0.717, 1.165) is 36.3 Å². The molecule has 1 aliphatic rings. The Morgan fingerprint density at radius 3 is 2.82 bits per heavy atom. The van der Waals surface area contributed by atoms with Crippen LogP contribution < -0.4 is 10.1 Å². The van der Waals surface area contributed by atoms with Crippen LogP contribution >= 0.6 is 11.6 Å². The second-order valence-electron chi connectivity index (χ2n) is 7.10. The lowest BCUT2D eigenvalue weighted by molar-refractivity contribution is 0.340. The molecule has 0 fully saturated rings. The highest BCUT2D eigenvalue weighted by atomic mass is 35.5. The minimum Gasteiger partial charge on any atom is -0.492 e. The Hall–Kier alpha value is -2.62. The van der Waals surface area contributed by atoms with Gasteiger partial charge < -0.3 is 10.1 Å². The van der Waals surface area contributed by atoms with Gasteiger partial charge in [0.1, 0.15) is 5.75 Å². The second-order valence-corrected chi connectivity index (χ2v) is 7.51. The fourth-order valence-corrected chi connectivity index (χ4v) is 4.44. The molecule has 4 heteroatoms. The van der Waals surface area contributed by atoms with Crippen LogP contribution in [0.1, 0.15) is 18.1 Å². The van der Waals surface area contributed by atoms with Crippen molar-refractivity contribution in [2.45, 2.75) is 19.9 Å². The number of hydrogen-bond acceptors (Lipinski definition) is 3. The van der Waals surface area contributed by atoms with Crippen LogP contribution in [0.2, 0.25) is 5.02 Å². The molecule has 0 saturated carbocycles. The van der Waals surface area contributed by atoms with Gasteiger partial charge in [0.15, 0.2) is 0 Å². The maximum atomic E-state index is 6.47. The van der Waals surface area contributed by atoms with E-state index in [1.807, 2.05) is 19.1 Å². The van der Waals surface area contributed by atoms with Gasteiger partial charge in [0, 0.05) is 17.5 Å². The van der Waals surface area contributed by atoms with Gasteiger partial charge >= 0.3 is 0 Å². The SMILES string of the molecule is CCOc1ccc(-c2nc3ccc4ccccc4c3c3c2CNCC3)cc1Cl. The summed E-state index contributed by atoms with van der Waals surface area (Å²) in [6, 6.07) is 18.8. The van der Waals surface area contributed by atoms with Crippen LogP contribution in [0, 0.1) is 0 Å². The fourth-order valence-electron chi connectivity index (χ4n) is 4.20. The lowest BCUT2D eigenvalue weighted by Crippen LogP contribution is -2.25. The maximum absolute atomic E-state index is 6.47. The summed E-state index contributed by atoms with van der Waals surface area (Å²) in [6.07, 6.45) is 1.00. The quantitative estimate of drug-likeness (QED) is 0.453. The Morgan fingerprint density at radius 1 is 1.07 bits per heavy atom. The van der Waals surface area contributed by atoms with Crippen molar-refractivity contribution in [2.75, 3.05) is 13.2 Å². The first kappa shape index (κ1) is 17.5. The van der Waals surface area contributed by atoms with E-state index in [2.05, 4.69) is 47.8 Å². The van der Waals surface area contributed by atoms with E-state index in [4.69, 9.17) is 21.3 Å². The van der Waals surface area contributed by atoms with Crippen molar-refractivity contribution in [3.63, 3.8) is 0 Å². The van der Waals surface area contributed by atoms with Crippen molar-refractivity contribution in [2.24, 2.45) is 0 Å². The molecule has 3 nitrogen and oxygen atoms in total. The molecule has 0 bridgehead atoms. The molecule has 1 N–H and O–H groups in total. The number of nitrogens with one attached hydrogen (secondary N) is 1. The van der Waals surface area contributed by atoms with Crippen molar-refractivity contribution in [3.05, 3.63) is 70.7 Å². The van der Waals surface area contributed by atoms with Gasteiger partial charge in [-0.25, -0.2) is 4.98 Å². The van der Waals surface area contributed by atoms with Crippen molar-refractivity contribution >= 4 is 33.3 Å². The third-order valence-electron chi connectivity index (χ3n) is 5.45. The van der Waals surface area contributed by atoms with E-state index in [9.17, 15) is 0 Å². The number of rotatable bonds is 3. The molecule has 1 aliphatic heterocycles. The molecule has 28 heavy (non-hydrogen) atoms. The molecular weight excluding hydrogens is 368 g/mol. The number of ether oxygens (including phenoxy) is 1.